The highest BCUT2D eigenvalue weighted by Crippen LogP contribution is 2.19. The fourth-order valence-corrected chi connectivity index (χ4v) is 2.44. The van der Waals surface area contributed by atoms with E-state index in [0.717, 1.165) is 5.56 Å². The van der Waals surface area contributed by atoms with Gasteiger partial charge in [0.1, 0.15) is 0 Å². The minimum atomic E-state index is -0.549. The van der Waals surface area contributed by atoms with Crippen molar-refractivity contribution in [3.05, 3.63) is 29.3 Å². The van der Waals surface area contributed by atoms with Crippen molar-refractivity contribution in [2.75, 3.05) is 12.3 Å². The molecular formula is C14H18N4O3. The number of imide groups is 1. The molecule has 0 aliphatic carbocycles. The van der Waals surface area contributed by atoms with Crippen LogP contribution < -0.4 is 16.8 Å². The molecule has 1 unspecified atom stereocenters. The van der Waals surface area contributed by atoms with E-state index in [4.69, 9.17) is 11.5 Å². The topological polar surface area (TPSA) is 119 Å². The molecule has 5 N–H and O–H groups in total. The summed E-state index contributed by atoms with van der Waals surface area (Å²) >= 11 is 0. The molecule has 0 bridgehead atoms. The first-order valence-electron chi connectivity index (χ1n) is 6.68. The summed E-state index contributed by atoms with van der Waals surface area (Å²) in [6.45, 7) is 2.39. The Morgan fingerprint density at radius 2 is 2.14 bits per heavy atom. The molecule has 1 aromatic carbocycles. The normalized spacial score (nSPS) is 19.4. The van der Waals surface area contributed by atoms with Crippen LogP contribution in [0.15, 0.2) is 18.2 Å². The van der Waals surface area contributed by atoms with Gasteiger partial charge in [-0.05, 0) is 24.1 Å². The molecule has 0 spiro atoms. The number of carbonyl (C=O) groups is 3. The van der Waals surface area contributed by atoms with Gasteiger partial charge < -0.3 is 11.5 Å². The number of carbonyl (C=O) groups excluding carboxylic acids is 3. The summed E-state index contributed by atoms with van der Waals surface area (Å²) in [5.74, 6) is -1.16. The number of hydrogen-bond donors (Lipinski definition) is 3. The number of nitrogen functional groups attached to an aromatic ring is 1. The smallest absolute Gasteiger partial charge is 0.248 e. The average Bonchev–Trinajstić information content (AvgIpc) is 2.40. The largest absolute Gasteiger partial charge is 0.398 e. The Balaban J connectivity index is 2.21. The Morgan fingerprint density at radius 1 is 1.43 bits per heavy atom. The second kappa shape index (κ2) is 5.92. The van der Waals surface area contributed by atoms with Gasteiger partial charge in [0.2, 0.25) is 17.7 Å². The molecule has 1 aliphatic rings. The fraction of sp³-hybridized carbons (Fsp3) is 0.357. The average molecular weight is 290 g/mol. The van der Waals surface area contributed by atoms with Crippen molar-refractivity contribution in [2.45, 2.75) is 25.9 Å². The summed E-state index contributed by atoms with van der Waals surface area (Å²) in [5.41, 5.74) is 12.6. The highest BCUT2D eigenvalue weighted by atomic mass is 16.2. The lowest BCUT2D eigenvalue weighted by Crippen LogP contribution is -2.57. The van der Waals surface area contributed by atoms with E-state index in [1.807, 2.05) is 6.92 Å². The third kappa shape index (κ3) is 3.19. The van der Waals surface area contributed by atoms with Crippen molar-refractivity contribution in [3.8, 4) is 0 Å². The van der Waals surface area contributed by atoms with Crippen LogP contribution >= 0.6 is 0 Å². The standard InChI is InChI=1S/C14H18N4O3/c1-2-11-14(21)17-12(19)7-18(11)6-9-4-3-8(13(16)20)5-10(9)15/h3-5,11H,2,6-7,15H2,1H3,(H2,16,20)(H,17,19,21). The second-order valence-corrected chi connectivity index (χ2v) is 5.02. The molecule has 3 amide bonds. The summed E-state index contributed by atoms with van der Waals surface area (Å²) in [4.78, 5) is 36.2. The van der Waals surface area contributed by atoms with Gasteiger partial charge in [0.05, 0.1) is 12.6 Å². The molecule has 1 fully saturated rings. The van der Waals surface area contributed by atoms with Crippen LogP contribution in [0.2, 0.25) is 0 Å². The molecule has 112 valence electrons. The zero-order valence-corrected chi connectivity index (χ0v) is 11.8. The molecule has 0 saturated carbocycles. The van der Waals surface area contributed by atoms with Gasteiger partial charge in [0.15, 0.2) is 0 Å². The van der Waals surface area contributed by atoms with Gasteiger partial charge in [0.25, 0.3) is 0 Å². The van der Waals surface area contributed by atoms with Gasteiger partial charge in [-0.25, -0.2) is 0 Å². The van der Waals surface area contributed by atoms with Crippen LogP contribution in [0.5, 0.6) is 0 Å². The Morgan fingerprint density at radius 3 is 2.71 bits per heavy atom. The first kappa shape index (κ1) is 15.0. The highest BCUT2D eigenvalue weighted by molar-refractivity contribution is 6.01. The summed E-state index contributed by atoms with van der Waals surface area (Å²) in [6.07, 6.45) is 0.596. The van der Waals surface area contributed by atoms with Crippen molar-refractivity contribution in [1.29, 1.82) is 0 Å². The van der Waals surface area contributed by atoms with E-state index >= 15 is 0 Å². The number of hydrogen-bond acceptors (Lipinski definition) is 5. The first-order valence-corrected chi connectivity index (χ1v) is 6.68. The Labute approximate surface area is 122 Å². The van der Waals surface area contributed by atoms with Gasteiger partial charge in [-0.1, -0.05) is 13.0 Å². The molecule has 7 heteroatoms. The quantitative estimate of drug-likeness (QED) is 0.515. The van der Waals surface area contributed by atoms with Crippen LogP contribution in [-0.2, 0) is 16.1 Å². The van der Waals surface area contributed by atoms with E-state index in [9.17, 15) is 14.4 Å². The van der Waals surface area contributed by atoms with Crippen LogP contribution in [0, 0.1) is 0 Å². The summed E-state index contributed by atoms with van der Waals surface area (Å²) in [7, 11) is 0. The fourth-order valence-electron chi connectivity index (χ4n) is 2.44. The number of primary amides is 1. The minimum Gasteiger partial charge on any atom is -0.398 e. The lowest BCUT2D eigenvalue weighted by molar-refractivity contribution is -0.140. The number of anilines is 1. The van der Waals surface area contributed by atoms with E-state index in [2.05, 4.69) is 5.32 Å². The van der Waals surface area contributed by atoms with Gasteiger partial charge >= 0.3 is 0 Å². The third-order valence-corrected chi connectivity index (χ3v) is 3.54. The number of nitrogens with two attached hydrogens (primary N) is 2. The molecule has 1 atom stereocenters. The molecule has 0 radical (unpaired) electrons. The van der Waals surface area contributed by atoms with Gasteiger partial charge in [-0.3, -0.25) is 24.6 Å². The molecule has 7 nitrogen and oxygen atoms in total. The van der Waals surface area contributed by atoms with Crippen molar-refractivity contribution in [2.24, 2.45) is 5.73 Å². The predicted molar refractivity (Wildman–Crippen MR) is 77.0 cm³/mol. The maximum Gasteiger partial charge on any atom is 0.248 e. The molecule has 1 heterocycles. The summed E-state index contributed by atoms with van der Waals surface area (Å²) in [6, 6.07) is 4.42. The number of nitrogens with one attached hydrogen (secondary N) is 1. The zero-order chi connectivity index (χ0) is 15.6. The second-order valence-electron chi connectivity index (χ2n) is 5.02. The molecule has 21 heavy (non-hydrogen) atoms. The molecule has 1 saturated heterocycles. The number of nitrogens with zero attached hydrogens (tertiary/aromatic N) is 1. The van der Waals surface area contributed by atoms with Crippen molar-refractivity contribution < 1.29 is 14.4 Å². The zero-order valence-electron chi connectivity index (χ0n) is 11.8. The van der Waals surface area contributed by atoms with Crippen LogP contribution in [0.25, 0.3) is 0 Å². The molecule has 1 aliphatic heterocycles. The van der Waals surface area contributed by atoms with Crippen molar-refractivity contribution in [1.82, 2.24) is 10.2 Å². The van der Waals surface area contributed by atoms with Crippen molar-refractivity contribution >= 4 is 23.4 Å². The molecular weight excluding hydrogens is 272 g/mol. The van der Waals surface area contributed by atoms with Gasteiger partial charge in [-0.2, -0.15) is 0 Å². The SMILES string of the molecule is CCC1C(=O)NC(=O)CN1Cc1ccc(C(N)=O)cc1N. The summed E-state index contributed by atoms with van der Waals surface area (Å²) in [5, 5.41) is 2.32. The van der Waals surface area contributed by atoms with E-state index in [0.29, 0.717) is 24.2 Å². The molecule has 0 aromatic heterocycles. The number of piperazine rings is 1. The Bertz CT molecular complexity index is 600. The first-order chi connectivity index (χ1) is 9.92. The molecule has 2 rings (SSSR count). The van der Waals surface area contributed by atoms with Crippen molar-refractivity contribution in [3.63, 3.8) is 0 Å². The van der Waals surface area contributed by atoms with E-state index in [1.54, 1.807) is 17.0 Å². The molecule has 1 aromatic rings. The Hall–Kier alpha value is -2.41. The minimum absolute atomic E-state index is 0.140. The van der Waals surface area contributed by atoms with Gasteiger partial charge in [0, 0.05) is 17.8 Å². The highest BCUT2D eigenvalue weighted by Gasteiger charge is 2.32. The monoisotopic (exact) mass is 290 g/mol. The number of amides is 3. The number of benzene rings is 1. The lowest BCUT2D eigenvalue weighted by atomic mass is 10.0. The maximum atomic E-state index is 11.8. The van der Waals surface area contributed by atoms with E-state index < -0.39 is 5.91 Å². The predicted octanol–water partition coefficient (Wildman–Crippen LogP) is -0.395. The number of rotatable bonds is 4. The van der Waals surface area contributed by atoms with Crippen LogP contribution in [0.3, 0.4) is 0 Å². The Kier molecular flexibility index (Phi) is 4.23. The lowest BCUT2D eigenvalue weighted by Gasteiger charge is -2.33. The third-order valence-electron chi connectivity index (χ3n) is 3.54. The van der Waals surface area contributed by atoms with Crippen LogP contribution in [0.4, 0.5) is 5.69 Å². The van der Waals surface area contributed by atoms with Crippen LogP contribution in [0.1, 0.15) is 29.3 Å². The maximum absolute atomic E-state index is 11.8. The van der Waals surface area contributed by atoms with E-state index in [1.165, 1.54) is 6.07 Å². The van der Waals surface area contributed by atoms with Crippen LogP contribution in [-0.4, -0.2) is 35.2 Å². The summed E-state index contributed by atoms with van der Waals surface area (Å²) < 4.78 is 0. The van der Waals surface area contributed by atoms with E-state index in [-0.39, 0.29) is 24.4 Å². The van der Waals surface area contributed by atoms with Gasteiger partial charge in [-0.15, -0.1) is 0 Å².